The van der Waals surface area contributed by atoms with Gasteiger partial charge in [-0.25, -0.2) is 9.98 Å². The van der Waals surface area contributed by atoms with Gasteiger partial charge >= 0.3 is 0 Å². The topological polar surface area (TPSA) is 63.0 Å². The number of amidine groups is 2. The maximum atomic E-state index is 6.41. The summed E-state index contributed by atoms with van der Waals surface area (Å²) >= 11 is 0. The summed E-state index contributed by atoms with van der Waals surface area (Å²) in [6.07, 6.45) is -0.487. The summed E-state index contributed by atoms with van der Waals surface area (Å²) in [7, 11) is 0. The van der Waals surface area contributed by atoms with Crippen LogP contribution in [-0.4, -0.2) is 11.7 Å². The van der Waals surface area contributed by atoms with E-state index in [1.54, 1.807) is 0 Å². The minimum atomic E-state index is -0.487. The van der Waals surface area contributed by atoms with E-state index in [0.29, 0.717) is 0 Å². The van der Waals surface area contributed by atoms with Crippen LogP contribution in [0.5, 0.6) is 0 Å². The Balaban J connectivity index is 1.08. The second kappa shape index (κ2) is 11.5. The third-order valence-electron chi connectivity index (χ3n) is 9.54. The molecule has 0 saturated carbocycles. The summed E-state index contributed by atoms with van der Waals surface area (Å²) in [5.74, 6) is 1.47. The van der Waals surface area contributed by atoms with Crippen molar-refractivity contribution in [2.75, 3.05) is 0 Å². The number of hydrogen-bond donors (Lipinski definition) is 1. The van der Waals surface area contributed by atoms with Crippen LogP contribution in [0.15, 0.2) is 183 Å². The van der Waals surface area contributed by atoms with Crippen molar-refractivity contribution in [1.82, 2.24) is 5.32 Å². The maximum Gasteiger partial charge on any atom is 0.169 e. The highest BCUT2D eigenvalue weighted by molar-refractivity contribution is 6.17. The van der Waals surface area contributed by atoms with E-state index in [0.717, 1.165) is 88.9 Å². The average molecular weight is 644 g/mol. The fraction of sp³-hybridized carbons (Fsp3) is 0.0222. The summed E-state index contributed by atoms with van der Waals surface area (Å²) in [6.45, 7) is 0. The van der Waals surface area contributed by atoms with Crippen LogP contribution in [-0.2, 0) is 0 Å². The molecule has 0 saturated heterocycles. The molecule has 5 nitrogen and oxygen atoms in total. The van der Waals surface area contributed by atoms with Gasteiger partial charge in [-0.15, -0.1) is 0 Å². The van der Waals surface area contributed by atoms with Gasteiger partial charge in [-0.1, -0.05) is 121 Å². The first-order chi connectivity index (χ1) is 24.7. The summed E-state index contributed by atoms with van der Waals surface area (Å²) in [4.78, 5) is 10.4. The molecule has 0 radical (unpaired) electrons. The van der Waals surface area contributed by atoms with Crippen LogP contribution >= 0.6 is 0 Å². The summed E-state index contributed by atoms with van der Waals surface area (Å²) in [6, 6.07) is 56.4. The number of benzene rings is 7. The SMILES string of the molecule is c1ccc(-c2cccc(C3=NC(c4ccc5c(c4)oc4ccccc45)N=C(c4ccc5c(c4)oc4ccc(-c6ccccc6)cc45)N3)c2)cc1. The molecule has 1 atom stereocenters. The van der Waals surface area contributed by atoms with Gasteiger partial charge in [-0.05, 0) is 64.7 Å². The lowest BCUT2D eigenvalue weighted by atomic mass is 10.0. The van der Waals surface area contributed by atoms with Gasteiger partial charge in [0.15, 0.2) is 6.17 Å². The Bertz CT molecular complexity index is 2790. The van der Waals surface area contributed by atoms with Crippen molar-refractivity contribution >= 4 is 55.5 Å². The zero-order chi connectivity index (χ0) is 33.0. The van der Waals surface area contributed by atoms with Crippen molar-refractivity contribution < 1.29 is 8.83 Å². The van der Waals surface area contributed by atoms with E-state index in [1.807, 2.05) is 30.3 Å². The highest BCUT2D eigenvalue weighted by Crippen LogP contribution is 2.35. The highest BCUT2D eigenvalue weighted by atomic mass is 16.3. The molecule has 0 bridgehead atoms. The van der Waals surface area contributed by atoms with E-state index in [1.165, 1.54) is 5.56 Å². The van der Waals surface area contributed by atoms with Crippen molar-refractivity contribution in [1.29, 1.82) is 0 Å². The zero-order valence-corrected chi connectivity index (χ0v) is 26.9. The summed E-state index contributed by atoms with van der Waals surface area (Å²) < 4.78 is 12.7. The summed E-state index contributed by atoms with van der Waals surface area (Å²) in [5.41, 5.74) is 10.8. The predicted molar refractivity (Wildman–Crippen MR) is 204 cm³/mol. The Hall–Kier alpha value is -6.72. The molecular weight excluding hydrogens is 615 g/mol. The van der Waals surface area contributed by atoms with Gasteiger partial charge in [0.2, 0.25) is 0 Å². The van der Waals surface area contributed by atoms with E-state index in [9.17, 15) is 0 Å². The van der Waals surface area contributed by atoms with E-state index in [2.05, 4.69) is 139 Å². The Morgan fingerprint density at radius 2 is 0.900 bits per heavy atom. The van der Waals surface area contributed by atoms with E-state index in [4.69, 9.17) is 18.8 Å². The molecule has 9 aromatic rings. The molecule has 7 aromatic carbocycles. The van der Waals surface area contributed by atoms with Crippen LogP contribution in [0.1, 0.15) is 22.9 Å². The van der Waals surface area contributed by atoms with Crippen LogP contribution < -0.4 is 5.32 Å². The van der Waals surface area contributed by atoms with Gasteiger partial charge in [0.1, 0.15) is 34.0 Å². The summed E-state index contributed by atoms with van der Waals surface area (Å²) in [5, 5.41) is 7.91. The normalized spacial score (nSPS) is 14.6. The lowest BCUT2D eigenvalue weighted by molar-refractivity contribution is 0.665. The minimum absolute atomic E-state index is 0.487. The third-order valence-corrected chi connectivity index (χ3v) is 9.54. The Kier molecular flexibility index (Phi) is 6.49. The second-order valence-corrected chi connectivity index (χ2v) is 12.6. The van der Waals surface area contributed by atoms with Gasteiger partial charge < -0.3 is 14.2 Å². The number of rotatable bonds is 5. The lowest BCUT2D eigenvalue weighted by Gasteiger charge is -2.22. The fourth-order valence-electron chi connectivity index (χ4n) is 7.01. The van der Waals surface area contributed by atoms with Crippen LogP contribution in [0.3, 0.4) is 0 Å². The molecule has 3 heterocycles. The molecule has 0 aliphatic carbocycles. The van der Waals surface area contributed by atoms with E-state index in [-0.39, 0.29) is 0 Å². The Labute approximate surface area is 287 Å². The molecule has 1 N–H and O–H groups in total. The maximum absolute atomic E-state index is 6.41. The monoisotopic (exact) mass is 643 g/mol. The van der Waals surface area contributed by atoms with Crippen LogP contribution in [0, 0.1) is 0 Å². The quantitative estimate of drug-likeness (QED) is 0.203. The molecule has 1 aliphatic heterocycles. The number of fused-ring (bicyclic) bond motifs is 6. The number of aliphatic imine (C=N–C) groups is 2. The lowest BCUT2D eigenvalue weighted by Crippen LogP contribution is -2.36. The van der Waals surface area contributed by atoms with Crippen molar-refractivity contribution in [2.24, 2.45) is 9.98 Å². The largest absolute Gasteiger partial charge is 0.456 e. The molecule has 10 rings (SSSR count). The Morgan fingerprint density at radius 1 is 0.360 bits per heavy atom. The van der Waals surface area contributed by atoms with Gasteiger partial charge in [0.05, 0.1) is 0 Å². The predicted octanol–water partition coefficient (Wildman–Crippen LogP) is 11.3. The molecule has 1 unspecified atom stereocenters. The van der Waals surface area contributed by atoms with Gasteiger partial charge in [0, 0.05) is 38.2 Å². The smallest absolute Gasteiger partial charge is 0.169 e. The van der Waals surface area contributed by atoms with Crippen molar-refractivity contribution in [3.05, 3.63) is 180 Å². The standard InChI is InChI=1S/C45H29N3O2/c1-3-10-28(11-4-1)30-14-9-15-32(24-30)43-46-44(33-18-21-36-35-16-7-8-17-39(35)49-41(36)26-33)48-45(47-43)34-19-22-37-38-25-31(29-12-5-2-6-13-29)20-23-40(38)50-42(37)27-34/h1-27,44H,(H,46,47,48). The van der Waals surface area contributed by atoms with Gasteiger partial charge in [-0.3, -0.25) is 0 Å². The number of nitrogens with zero attached hydrogens (tertiary/aromatic N) is 2. The molecule has 0 spiro atoms. The molecular formula is C45H29N3O2. The minimum Gasteiger partial charge on any atom is -0.456 e. The van der Waals surface area contributed by atoms with E-state index < -0.39 is 6.17 Å². The average Bonchev–Trinajstić information content (AvgIpc) is 3.75. The molecule has 2 aromatic heterocycles. The van der Waals surface area contributed by atoms with E-state index >= 15 is 0 Å². The highest BCUT2D eigenvalue weighted by Gasteiger charge is 2.23. The molecule has 0 fully saturated rings. The van der Waals surface area contributed by atoms with Gasteiger partial charge in [0.25, 0.3) is 0 Å². The second-order valence-electron chi connectivity index (χ2n) is 12.6. The number of nitrogens with one attached hydrogen (secondary N) is 1. The molecule has 50 heavy (non-hydrogen) atoms. The molecule has 5 heteroatoms. The third kappa shape index (κ3) is 4.87. The van der Waals surface area contributed by atoms with Crippen molar-refractivity contribution in [3.8, 4) is 22.3 Å². The first-order valence-electron chi connectivity index (χ1n) is 16.8. The number of para-hydroxylation sites is 1. The molecule has 0 amide bonds. The van der Waals surface area contributed by atoms with Crippen molar-refractivity contribution in [2.45, 2.75) is 6.17 Å². The number of hydrogen-bond acceptors (Lipinski definition) is 5. The van der Waals surface area contributed by atoms with Crippen LogP contribution in [0.25, 0.3) is 66.1 Å². The van der Waals surface area contributed by atoms with Crippen molar-refractivity contribution in [3.63, 3.8) is 0 Å². The zero-order valence-electron chi connectivity index (χ0n) is 26.9. The van der Waals surface area contributed by atoms with Gasteiger partial charge in [-0.2, -0.15) is 0 Å². The molecule has 1 aliphatic rings. The fourth-order valence-corrected chi connectivity index (χ4v) is 7.01. The first-order valence-corrected chi connectivity index (χ1v) is 16.8. The van der Waals surface area contributed by atoms with Crippen LogP contribution in [0.4, 0.5) is 0 Å². The first kappa shape index (κ1) is 28.3. The molecule has 236 valence electrons. The Morgan fingerprint density at radius 3 is 1.68 bits per heavy atom. The van der Waals surface area contributed by atoms with Crippen LogP contribution in [0.2, 0.25) is 0 Å². The number of furan rings is 2.